The van der Waals surface area contributed by atoms with Gasteiger partial charge in [0.2, 0.25) is 0 Å². The Morgan fingerprint density at radius 1 is 1.29 bits per heavy atom. The molecule has 0 aliphatic carbocycles. The van der Waals surface area contributed by atoms with Crippen LogP contribution in [-0.2, 0) is 25.5 Å². The van der Waals surface area contributed by atoms with E-state index in [9.17, 15) is 14.7 Å². The van der Waals surface area contributed by atoms with Gasteiger partial charge in [-0.2, -0.15) is 0 Å². The molecule has 11 nitrogen and oxygen atoms in total. The van der Waals surface area contributed by atoms with E-state index in [0.717, 1.165) is 14.5 Å². The topological polar surface area (TPSA) is 145 Å². The van der Waals surface area contributed by atoms with E-state index in [1.807, 2.05) is 12.1 Å². The van der Waals surface area contributed by atoms with Crippen molar-refractivity contribution in [3.05, 3.63) is 47.6 Å². The number of nitrogens with two attached hydrogens (primary N) is 1. The zero-order chi connectivity index (χ0) is 28.0. The van der Waals surface area contributed by atoms with E-state index in [1.165, 1.54) is 18.3 Å². The third-order valence-corrected chi connectivity index (χ3v) is 8.03. The third-order valence-electron chi connectivity index (χ3n) is 5.66. The van der Waals surface area contributed by atoms with Gasteiger partial charge in [-0.3, -0.25) is 4.79 Å². The van der Waals surface area contributed by atoms with Crippen molar-refractivity contribution in [3.63, 3.8) is 0 Å². The van der Waals surface area contributed by atoms with Gasteiger partial charge in [-0.15, -0.1) is 0 Å². The summed E-state index contributed by atoms with van der Waals surface area (Å²) in [6.07, 6.45) is 1.06. The largest absolute Gasteiger partial charge is 0.495 e. The molecule has 0 saturated heterocycles. The molecule has 2 aliphatic rings. The highest BCUT2D eigenvalue weighted by Gasteiger charge is 2.54. The highest BCUT2D eigenvalue weighted by atomic mass is 79.9. The normalized spacial score (nSPS) is 20.7. The number of nitrogens with one attached hydrogen (secondary N) is 1. The fourth-order valence-corrected chi connectivity index (χ4v) is 6.57. The number of nitrogens with zero attached hydrogens (tertiary/aromatic N) is 2. The Morgan fingerprint density at radius 3 is 2.61 bits per heavy atom. The SMILES string of the molecule is COC1=C(Br)C[C@@]2(OC=C1Br)ON=C(C(=O)NCCCOc1c(Br)cc(CCN(C)C(N)=O)cc1Br)[C@H]2O. The van der Waals surface area contributed by atoms with Gasteiger partial charge in [-0.25, -0.2) is 4.79 Å². The van der Waals surface area contributed by atoms with E-state index in [4.69, 9.17) is 24.8 Å². The molecule has 208 valence electrons. The summed E-state index contributed by atoms with van der Waals surface area (Å²) in [4.78, 5) is 30.7. The molecule has 0 bridgehead atoms. The third kappa shape index (κ3) is 7.23. The lowest BCUT2D eigenvalue weighted by atomic mass is 10.0. The van der Waals surface area contributed by atoms with Crippen LogP contribution in [0.2, 0.25) is 0 Å². The molecule has 2 aliphatic heterocycles. The van der Waals surface area contributed by atoms with Gasteiger partial charge >= 0.3 is 11.8 Å². The van der Waals surface area contributed by atoms with E-state index in [1.54, 1.807) is 7.05 Å². The first-order valence-corrected chi connectivity index (χ1v) is 14.5. The summed E-state index contributed by atoms with van der Waals surface area (Å²) in [6, 6.07) is 3.35. The van der Waals surface area contributed by atoms with E-state index in [-0.39, 0.29) is 18.7 Å². The Bertz CT molecular complexity index is 1150. The number of amides is 3. The lowest BCUT2D eigenvalue weighted by Crippen LogP contribution is -2.49. The molecule has 2 heterocycles. The Kier molecular flexibility index (Phi) is 10.9. The Labute approximate surface area is 253 Å². The van der Waals surface area contributed by atoms with Crippen LogP contribution in [0.25, 0.3) is 0 Å². The zero-order valence-corrected chi connectivity index (χ0v) is 26.8. The molecule has 15 heteroatoms. The second-order valence-electron chi connectivity index (χ2n) is 8.34. The van der Waals surface area contributed by atoms with Crippen molar-refractivity contribution in [2.24, 2.45) is 10.9 Å². The van der Waals surface area contributed by atoms with Gasteiger partial charge < -0.3 is 40.1 Å². The quantitative estimate of drug-likeness (QED) is 0.304. The summed E-state index contributed by atoms with van der Waals surface area (Å²) in [6.45, 7) is 1.08. The number of rotatable bonds is 10. The number of hydrogen-bond acceptors (Lipinski definition) is 8. The molecule has 1 aromatic carbocycles. The maximum Gasteiger partial charge on any atom is 0.314 e. The van der Waals surface area contributed by atoms with Crippen molar-refractivity contribution in [2.45, 2.75) is 31.2 Å². The summed E-state index contributed by atoms with van der Waals surface area (Å²) in [5.41, 5.74) is 6.06. The fourth-order valence-electron chi connectivity index (χ4n) is 3.54. The first-order chi connectivity index (χ1) is 18.0. The number of urea groups is 1. The molecule has 4 N–H and O–H groups in total. The number of allylic oxidation sites excluding steroid dienone is 1. The van der Waals surface area contributed by atoms with Gasteiger partial charge in [0.05, 0.1) is 33.6 Å². The molecule has 2 atom stereocenters. The molecule has 1 spiro atoms. The van der Waals surface area contributed by atoms with Crippen LogP contribution in [0.4, 0.5) is 4.79 Å². The van der Waals surface area contributed by atoms with Crippen molar-refractivity contribution in [2.75, 3.05) is 33.9 Å². The number of aliphatic hydroxyl groups is 1. The number of benzene rings is 1. The lowest BCUT2D eigenvalue weighted by molar-refractivity contribution is -0.225. The zero-order valence-electron chi connectivity index (χ0n) is 20.4. The summed E-state index contributed by atoms with van der Waals surface area (Å²) in [5.74, 6) is -1.09. The van der Waals surface area contributed by atoms with Crippen molar-refractivity contribution in [3.8, 4) is 5.75 Å². The molecule has 3 rings (SSSR count). The smallest absolute Gasteiger partial charge is 0.314 e. The number of methoxy groups -OCH3 is 1. The first kappa shape index (κ1) is 30.7. The summed E-state index contributed by atoms with van der Waals surface area (Å²) >= 11 is 13.8. The van der Waals surface area contributed by atoms with E-state index in [0.29, 0.717) is 46.5 Å². The van der Waals surface area contributed by atoms with Crippen LogP contribution in [0, 0.1) is 0 Å². The highest BCUT2D eigenvalue weighted by molar-refractivity contribution is 9.12. The van der Waals surface area contributed by atoms with Crippen LogP contribution >= 0.6 is 63.7 Å². The Morgan fingerprint density at radius 2 is 1.97 bits per heavy atom. The predicted molar refractivity (Wildman–Crippen MR) is 154 cm³/mol. The minimum absolute atomic E-state index is 0.0570. The number of carbonyl (C=O) groups excluding carboxylic acids is 2. The molecule has 0 aromatic heterocycles. The molecule has 0 saturated carbocycles. The number of halogens is 4. The van der Waals surface area contributed by atoms with Crippen molar-refractivity contribution in [1.29, 1.82) is 0 Å². The standard InChI is InChI=1S/C23H26Br4N4O7/c1-31(22(28)34)6-4-12-8-13(24)19(14(25)9-12)36-7-3-5-29-21(33)17-20(32)23(38-30-17)10-15(26)18(35-2)16(27)11-37-23/h8-9,11,20,32H,3-7,10H2,1-2H3,(H2,28,34)(H,29,33)/t20-,23-/m1/s1. The molecule has 0 unspecified atom stereocenters. The lowest BCUT2D eigenvalue weighted by Gasteiger charge is -2.27. The van der Waals surface area contributed by atoms with Gasteiger partial charge in [0, 0.05) is 24.6 Å². The van der Waals surface area contributed by atoms with Crippen molar-refractivity contribution >= 4 is 81.4 Å². The number of carbonyl (C=O) groups is 2. The number of ether oxygens (including phenoxy) is 3. The summed E-state index contributed by atoms with van der Waals surface area (Å²) in [7, 11) is 3.14. The first-order valence-electron chi connectivity index (χ1n) is 11.3. The number of hydrogen-bond donors (Lipinski definition) is 3. The molecular weight excluding hydrogens is 764 g/mol. The maximum absolute atomic E-state index is 12.7. The monoisotopic (exact) mass is 786 g/mol. The Hall–Kier alpha value is -1.81. The van der Waals surface area contributed by atoms with Crippen molar-refractivity contribution < 1.29 is 33.7 Å². The van der Waals surface area contributed by atoms with Crippen LogP contribution in [-0.4, -0.2) is 73.4 Å². The van der Waals surface area contributed by atoms with Crippen LogP contribution in [0.3, 0.4) is 0 Å². The number of oxime groups is 1. The van der Waals surface area contributed by atoms with Gasteiger partial charge in [0.15, 0.2) is 11.8 Å². The predicted octanol–water partition coefficient (Wildman–Crippen LogP) is 4.00. The molecule has 38 heavy (non-hydrogen) atoms. The molecule has 1 aromatic rings. The summed E-state index contributed by atoms with van der Waals surface area (Å²) < 4.78 is 19.4. The Balaban J connectivity index is 1.48. The van der Waals surface area contributed by atoms with Gasteiger partial charge in [0.25, 0.3) is 5.91 Å². The van der Waals surface area contributed by atoms with Gasteiger partial charge in [0.1, 0.15) is 17.8 Å². The fraction of sp³-hybridized carbons (Fsp3) is 0.435. The average molecular weight is 790 g/mol. The number of primary amides is 1. The van der Waals surface area contributed by atoms with E-state index >= 15 is 0 Å². The van der Waals surface area contributed by atoms with Crippen molar-refractivity contribution in [1.82, 2.24) is 10.2 Å². The van der Waals surface area contributed by atoms with E-state index in [2.05, 4.69) is 74.2 Å². The van der Waals surface area contributed by atoms with Crippen LogP contribution in [0.1, 0.15) is 18.4 Å². The van der Waals surface area contributed by atoms with Gasteiger partial charge in [-0.05, 0) is 78.3 Å². The second kappa shape index (κ2) is 13.5. The van der Waals surface area contributed by atoms with Crippen LogP contribution < -0.4 is 15.8 Å². The number of aliphatic hydroxyl groups excluding tert-OH is 1. The minimum atomic E-state index is -1.60. The average Bonchev–Trinajstić information content (AvgIpc) is 3.11. The maximum atomic E-state index is 12.7. The summed E-state index contributed by atoms with van der Waals surface area (Å²) in [5, 5.41) is 17.3. The van der Waals surface area contributed by atoms with Gasteiger partial charge in [-0.1, -0.05) is 21.1 Å². The molecule has 3 amide bonds. The molecular formula is C23H26Br4N4O7. The minimum Gasteiger partial charge on any atom is -0.495 e. The number of likely N-dealkylation sites (N-methyl/N-ethyl adjacent to an activating group) is 1. The molecule has 0 radical (unpaired) electrons. The van der Waals surface area contributed by atoms with Crippen LogP contribution in [0.5, 0.6) is 5.75 Å². The second-order valence-corrected chi connectivity index (χ2v) is 11.9. The highest BCUT2D eigenvalue weighted by Crippen LogP contribution is 2.41. The van der Waals surface area contributed by atoms with Crippen LogP contribution in [0.15, 0.2) is 47.2 Å². The molecule has 0 fully saturated rings. The van der Waals surface area contributed by atoms with E-state index < -0.39 is 23.8 Å².